The van der Waals surface area contributed by atoms with Gasteiger partial charge in [0, 0.05) is 11.1 Å². The molecule has 0 saturated heterocycles. The van der Waals surface area contributed by atoms with Gasteiger partial charge in [0.15, 0.2) is 12.2 Å². The monoisotopic (exact) mass is 486 g/mol. The van der Waals surface area contributed by atoms with Gasteiger partial charge in [0.2, 0.25) is 0 Å². The molecule has 0 aromatic rings. The van der Waals surface area contributed by atoms with E-state index >= 15 is 0 Å². The Morgan fingerprint density at radius 3 is 1.27 bits per heavy atom. The van der Waals surface area contributed by atoms with E-state index in [-0.39, 0.29) is 11.1 Å². The lowest BCUT2D eigenvalue weighted by molar-refractivity contribution is -0.200. The maximum Gasteiger partial charge on any atom is 0.380 e. The van der Waals surface area contributed by atoms with Gasteiger partial charge in [-0.1, -0.05) is 40.9 Å². The molecule has 0 bridgehead atoms. The molecular formula is C21H30F4O8. The normalized spacial score (nSPS) is 13.2. The van der Waals surface area contributed by atoms with Crippen molar-refractivity contribution in [3.63, 3.8) is 0 Å². The lowest BCUT2D eigenvalue weighted by atomic mass is 10.0. The number of aliphatic carboxylic acids is 1. The number of hydrogen-bond acceptors (Lipinski definition) is 7. The molecule has 0 saturated carbocycles. The van der Waals surface area contributed by atoms with E-state index in [2.05, 4.69) is 27.4 Å². The van der Waals surface area contributed by atoms with Gasteiger partial charge in [-0.2, -0.15) is 17.6 Å². The Morgan fingerprint density at radius 2 is 1.06 bits per heavy atom. The van der Waals surface area contributed by atoms with Crippen molar-refractivity contribution in [2.24, 2.45) is 11.8 Å². The molecule has 0 spiro atoms. The van der Waals surface area contributed by atoms with E-state index in [1.165, 1.54) is 41.5 Å². The topological polar surface area (TPSA) is 116 Å². The number of methoxy groups -OCH3 is 1. The van der Waals surface area contributed by atoms with Crippen LogP contribution in [0.15, 0.2) is 24.3 Å². The molecule has 0 aliphatic heterocycles. The van der Waals surface area contributed by atoms with Crippen molar-refractivity contribution >= 4 is 23.9 Å². The molecule has 8 nitrogen and oxygen atoms in total. The molecule has 33 heavy (non-hydrogen) atoms. The quantitative estimate of drug-likeness (QED) is 0.215. The molecule has 0 fully saturated rings. The zero-order chi connectivity index (χ0) is 26.9. The van der Waals surface area contributed by atoms with Gasteiger partial charge in [-0.25, -0.2) is 19.2 Å². The Hall–Kier alpha value is -2.92. The lowest BCUT2D eigenvalue weighted by Gasteiger charge is -2.27. The van der Waals surface area contributed by atoms with Gasteiger partial charge in [-0.3, -0.25) is 0 Å². The fourth-order valence-electron chi connectivity index (χ4n) is 2.06. The van der Waals surface area contributed by atoms with Gasteiger partial charge in [-0.15, -0.1) is 0 Å². The zero-order valence-electron chi connectivity index (χ0n) is 19.5. The Balaban J connectivity index is 0. The molecule has 0 aromatic carbocycles. The summed E-state index contributed by atoms with van der Waals surface area (Å²) >= 11 is 0. The third kappa shape index (κ3) is 9.62. The van der Waals surface area contributed by atoms with Crippen LogP contribution in [-0.2, 0) is 33.4 Å². The smallest absolute Gasteiger partial charge is 0.380 e. The largest absolute Gasteiger partial charge is 0.477 e. The Labute approximate surface area is 189 Å². The molecule has 2 atom stereocenters. The third-order valence-electron chi connectivity index (χ3n) is 3.83. The summed E-state index contributed by atoms with van der Waals surface area (Å²) in [7, 11) is 0.841. The second-order valence-electron chi connectivity index (χ2n) is 7.74. The number of halogens is 4. The van der Waals surface area contributed by atoms with Crippen LogP contribution in [0.2, 0.25) is 0 Å². The molecule has 0 aliphatic carbocycles. The number of rotatable bonds is 10. The summed E-state index contributed by atoms with van der Waals surface area (Å²) in [5.41, 5.74) is -0.0804. The minimum atomic E-state index is -4.11. The molecule has 0 rings (SSSR count). The predicted molar refractivity (Wildman–Crippen MR) is 109 cm³/mol. The Bertz CT molecular complexity index is 759. The van der Waals surface area contributed by atoms with Crippen LogP contribution in [0, 0.1) is 11.8 Å². The second-order valence-corrected chi connectivity index (χ2v) is 7.74. The first-order valence-electron chi connectivity index (χ1n) is 9.55. The maximum absolute atomic E-state index is 13.6. The van der Waals surface area contributed by atoms with Crippen LogP contribution in [0.5, 0.6) is 0 Å². The number of carboxylic acid groups (broad SMARTS) is 1. The van der Waals surface area contributed by atoms with Gasteiger partial charge < -0.3 is 19.3 Å². The van der Waals surface area contributed by atoms with Crippen molar-refractivity contribution in [3.8, 4) is 0 Å². The van der Waals surface area contributed by atoms with E-state index in [4.69, 9.17) is 5.11 Å². The zero-order valence-corrected chi connectivity index (χ0v) is 19.5. The van der Waals surface area contributed by atoms with E-state index in [0.29, 0.717) is 0 Å². The number of alkyl halides is 4. The number of carbonyl (C=O) groups is 4. The van der Waals surface area contributed by atoms with Crippen molar-refractivity contribution in [2.75, 3.05) is 7.11 Å². The van der Waals surface area contributed by atoms with Crippen LogP contribution in [0.25, 0.3) is 0 Å². The van der Waals surface area contributed by atoms with Gasteiger partial charge in [-0.05, 0) is 25.7 Å². The van der Waals surface area contributed by atoms with Crippen LogP contribution >= 0.6 is 0 Å². The SMILES string of the molecule is C=C(C)C(=O)OC(C(C)C)C(F)(F)C(=O)O.C=C(C)C(=O)OC(C(C)C)C(F)(F)C(=O)OC. The highest BCUT2D eigenvalue weighted by Gasteiger charge is 2.53. The van der Waals surface area contributed by atoms with Crippen molar-refractivity contribution in [3.05, 3.63) is 24.3 Å². The van der Waals surface area contributed by atoms with Crippen LogP contribution in [0.1, 0.15) is 41.5 Å². The first-order valence-corrected chi connectivity index (χ1v) is 9.55. The van der Waals surface area contributed by atoms with Crippen molar-refractivity contribution < 1.29 is 56.1 Å². The minimum absolute atomic E-state index is 0.0173. The lowest BCUT2D eigenvalue weighted by Crippen LogP contribution is -2.47. The predicted octanol–water partition coefficient (Wildman–Crippen LogP) is 3.79. The standard InChI is InChI=1S/C11H16F2O4.C10H14F2O4/c1-6(2)8(17-9(14)7(3)4)11(12,13)10(15)16-5;1-5(2)7(10(11,12)9(14)15)16-8(13)6(3)4/h6,8H,3H2,1-2,4-5H3;5,7H,3H2,1-2,4H3,(H,14,15). The number of esters is 3. The fraction of sp³-hybridized carbons (Fsp3) is 0.619. The summed E-state index contributed by atoms with van der Waals surface area (Å²) in [6.07, 6.45) is -3.88. The molecule has 0 aromatic heterocycles. The average Bonchev–Trinajstić information content (AvgIpc) is 2.68. The second kappa shape index (κ2) is 12.9. The third-order valence-corrected chi connectivity index (χ3v) is 3.83. The molecule has 1 N–H and O–H groups in total. The minimum Gasteiger partial charge on any atom is -0.477 e. The number of carboxylic acids is 1. The van der Waals surface area contributed by atoms with E-state index in [9.17, 15) is 36.7 Å². The molecular weight excluding hydrogens is 456 g/mol. The number of ether oxygens (including phenoxy) is 3. The van der Waals surface area contributed by atoms with Crippen molar-refractivity contribution in [1.29, 1.82) is 0 Å². The van der Waals surface area contributed by atoms with Gasteiger partial charge in [0.1, 0.15) is 0 Å². The summed E-state index contributed by atoms with van der Waals surface area (Å²) in [6.45, 7) is 14.6. The van der Waals surface area contributed by atoms with Crippen LogP contribution in [0.4, 0.5) is 17.6 Å². The highest BCUT2D eigenvalue weighted by atomic mass is 19.3. The molecule has 2 unspecified atom stereocenters. The molecule has 0 aliphatic rings. The first kappa shape index (κ1) is 32.3. The number of hydrogen-bond donors (Lipinski definition) is 1. The summed E-state index contributed by atoms with van der Waals surface area (Å²) < 4.78 is 66.5. The Morgan fingerprint density at radius 1 is 0.758 bits per heavy atom. The molecule has 12 heteroatoms. The highest BCUT2D eigenvalue weighted by Crippen LogP contribution is 2.29. The summed E-state index contributed by atoms with van der Waals surface area (Å²) in [5.74, 6) is -15.6. The first-order chi connectivity index (χ1) is 14.7. The fourth-order valence-corrected chi connectivity index (χ4v) is 2.06. The van der Waals surface area contributed by atoms with Gasteiger partial charge in [0.25, 0.3) is 0 Å². The van der Waals surface area contributed by atoms with E-state index in [0.717, 1.165) is 7.11 Å². The van der Waals surface area contributed by atoms with Crippen LogP contribution in [0.3, 0.4) is 0 Å². The summed E-state index contributed by atoms with van der Waals surface area (Å²) in [6, 6.07) is 0. The highest BCUT2D eigenvalue weighted by molar-refractivity contribution is 5.88. The van der Waals surface area contributed by atoms with Crippen molar-refractivity contribution in [2.45, 2.75) is 65.6 Å². The van der Waals surface area contributed by atoms with Gasteiger partial charge in [0.05, 0.1) is 7.11 Å². The van der Waals surface area contributed by atoms with E-state index in [1.54, 1.807) is 0 Å². The molecule has 0 radical (unpaired) electrons. The number of carbonyl (C=O) groups excluding carboxylic acids is 3. The van der Waals surface area contributed by atoms with E-state index in [1.807, 2.05) is 0 Å². The van der Waals surface area contributed by atoms with E-state index < -0.39 is 59.8 Å². The van der Waals surface area contributed by atoms with Gasteiger partial charge >= 0.3 is 35.7 Å². The maximum atomic E-state index is 13.6. The average molecular weight is 486 g/mol. The summed E-state index contributed by atoms with van der Waals surface area (Å²) in [5, 5.41) is 8.35. The molecule has 0 amide bonds. The Kier molecular flexibility index (Phi) is 12.7. The van der Waals surface area contributed by atoms with Crippen LogP contribution < -0.4 is 0 Å². The summed E-state index contributed by atoms with van der Waals surface area (Å²) in [4.78, 5) is 43.6. The molecule has 0 heterocycles. The van der Waals surface area contributed by atoms with Crippen molar-refractivity contribution in [1.82, 2.24) is 0 Å². The molecule has 190 valence electrons. The van der Waals surface area contributed by atoms with Crippen LogP contribution in [-0.4, -0.2) is 60.1 Å².